The Bertz CT molecular complexity index is 1110. The molecule has 1 amide bonds. The Kier molecular flexibility index (Phi) is 7.48. The molecule has 0 spiro atoms. The lowest BCUT2D eigenvalue weighted by atomic mass is 9.97. The number of anilines is 1. The summed E-state index contributed by atoms with van der Waals surface area (Å²) in [5.74, 6) is 1.96. The Morgan fingerprint density at radius 1 is 1.06 bits per heavy atom. The molecule has 3 aromatic rings. The normalized spacial score (nSPS) is 11.2. The van der Waals surface area contributed by atoms with E-state index in [1.807, 2.05) is 32.9 Å². The summed E-state index contributed by atoms with van der Waals surface area (Å²) in [6.45, 7) is 7.86. The number of aromatic nitrogens is 2. The minimum absolute atomic E-state index is 0.0449. The van der Waals surface area contributed by atoms with Crippen LogP contribution >= 0.6 is 0 Å². The minimum atomic E-state index is -0.216. The fourth-order valence-electron chi connectivity index (χ4n) is 2.99. The first-order valence-corrected chi connectivity index (χ1v) is 10.7. The molecule has 0 radical (unpaired) electrons. The zero-order chi connectivity index (χ0) is 24.0. The molecule has 1 heterocycles. The van der Waals surface area contributed by atoms with Gasteiger partial charge >= 0.3 is 0 Å². The number of hydrogen-bond acceptors (Lipinski definition) is 7. The Balaban J connectivity index is 1.47. The third-order valence-electron chi connectivity index (χ3n) is 4.87. The number of ether oxygens (including phenoxy) is 2. The van der Waals surface area contributed by atoms with Crippen molar-refractivity contribution in [3.05, 3.63) is 53.9 Å². The van der Waals surface area contributed by atoms with Gasteiger partial charge in [0.2, 0.25) is 17.6 Å². The van der Waals surface area contributed by atoms with E-state index in [-0.39, 0.29) is 17.1 Å². The summed E-state index contributed by atoms with van der Waals surface area (Å²) in [6, 6.07) is 12.3. The number of methoxy groups -OCH3 is 1. The smallest absolute Gasteiger partial charge is 0.232 e. The fraction of sp³-hybridized carbons (Fsp3) is 0.360. The van der Waals surface area contributed by atoms with Crippen molar-refractivity contribution in [1.29, 1.82) is 0 Å². The van der Waals surface area contributed by atoms with E-state index in [4.69, 9.17) is 14.0 Å². The van der Waals surface area contributed by atoms with E-state index in [9.17, 15) is 9.59 Å². The highest BCUT2D eigenvalue weighted by Gasteiger charge is 2.22. The molecule has 0 atom stereocenters. The molecule has 0 unspecified atom stereocenters. The second-order valence-corrected chi connectivity index (χ2v) is 8.67. The number of benzene rings is 2. The molecule has 8 heteroatoms. The summed E-state index contributed by atoms with van der Waals surface area (Å²) in [7, 11) is 1.52. The van der Waals surface area contributed by atoms with Gasteiger partial charge in [0.15, 0.2) is 17.3 Å². The molecule has 174 valence electrons. The van der Waals surface area contributed by atoms with E-state index in [1.165, 1.54) is 14.0 Å². The molecular formula is C25H29N3O5. The topological polar surface area (TPSA) is 104 Å². The van der Waals surface area contributed by atoms with Gasteiger partial charge in [-0.3, -0.25) is 9.59 Å². The van der Waals surface area contributed by atoms with Gasteiger partial charge in [-0.05, 0) is 55.8 Å². The van der Waals surface area contributed by atoms with Crippen molar-refractivity contribution in [2.75, 3.05) is 19.0 Å². The van der Waals surface area contributed by atoms with Gasteiger partial charge < -0.3 is 19.3 Å². The third-order valence-corrected chi connectivity index (χ3v) is 4.87. The van der Waals surface area contributed by atoms with Gasteiger partial charge in [-0.25, -0.2) is 0 Å². The zero-order valence-corrected chi connectivity index (χ0v) is 19.6. The van der Waals surface area contributed by atoms with Crippen molar-refractivity contribution >= 4 is 17.4 Å². The van der Waals surface area contributed by atoms with Crippen LogP contribution in [0.2, 0.25) is 0 Å². The van der Waals surface area contributed by atoms with Crippen molar-refractivity contribution < 1.29 is 23.6 Å². The predicted octanol–water partition coefficient (Wildman–Crippen LogP) is 5.04. The van der Waals surface area contributed by atoms with Crippen molar-refractivity contribution in [3.63, 3.8) is 0 Å². The van der Waals surface area contributed by atoms with Crippen molar-refractivity contribution in [2.24, 2.45) is 0 Å². The van der Waals surface area contributed by atoms with Crippen molar-refractivity contribution in [3.8, 4) is 22.9 Å². The number of nitrogens with zero attached hydrogens (tertiary/aromatic N) is 2. The number of carbonyl (C=O) groups excluding carboxylic acids is 2. The molecule has 0 fully saturated rings. The highest BCUT2D eigenvalue weighted by molar-refractivity contribution is 5.94. The first-order valence-electron chi connectivity index (χ1n) is 10.7. The Morgan fingerprint density at radius 3 is 2.39 bits per heavy atom. The minimum Gasteiger partial charge on any atom is -0.493 e. The van der Waals surface area contributed by atoms with Gasteiger partial charge in [0, 0.05) is 28.7 Å². The predicted molar refractivity (Wildman–Crippen MR) is 125 cm³/mol. The SMILES string of the molecule is COc1cc(C(C)=O)ccc1OCCCC(=O)Nc1ccc(-c2noc(C(C)(C)C)n2)cc1. The average molecular weight is 452 g/mol. The van der Waals surface area contributed by atoms with E-state index in [2.05, 4.69) is 15.5 Å². The van der Waals surface area contributed by atoms with E-state index < -0.39 is 0 Å². The lowest BCUT2D eigenvalue weighted by Gasteiger charge is -2.11. The standard InChI is InChI=1S/C25H29N3O5/c1-16(29)18-10-13-20(21(15-18)31-5)32-14-6-7-22(30)26-19-11-8-17(9-12-19)23-27-24(33-28-23)25(2,3)4/h8-13,15H,6-7,14H2,1-5H3,(H,26,30). The van der Waals surface area contributed by atoms with Gasteiger partial charge in [-0.1, -0.05) is 25.9 Å². The molecule has 0 bridgehead atoms. The summed E-state index contributed by atoms with van der Waals surface area (Å²) in [4.78, 5) is 28.2. The van der Waals surface area contributed by atoms with E-state index in [0.29, 0.717) is 53.9 Å². The summed E-state index contributed by atoms with van der Waals surface area (Å²) in [5.41, 5.74) is 1.83. The lowest BCUT2D eigenvalue weighted by Crippen LogP contribution is -2.13. The zero-order valence-electron chi connectivity index (χ0n) is 19.6. The van der Waals surface area contributed by atoms with Crippen LogP contribution in [-0.2, 0) is 10.2 Å². The van der Waals surface area contributed by atoms with Gasteiger partial charge in [0.25, 0.3) is 0 Å². The first kappa shape index (κ1) is 24.0. The van der Waals surface area contributed by atoms with Crippen molar-refractivity contribution in [1.82, 2.24) is 10.1 Å². The molecule has 1 aromatic heterocycles. The second-order valence-electron chi connectivity index (χ2n) is 8.67. The van der Waals surface area contributed by atoms with Crippen LogP contribution in [-0.4, -0.2) is 35.5 Å². The number of hydrogen-bond donors (Lipinski definition) is 1. The highest BCUT2D eigenvalue weighted by atomic mass is 16.5. The monoisotopic (exact) mass is 451 g/mol. The van der Waals surface area contributed by atoms with Crippen LogP contribution in [0.3, 0.4) is 0 Å². The number of rotatable bonds is 9. The van der Waals surface area contributed by atoms with Crippen LogP contribution < -0.4 is 14.8 Å². The molecule has 0 aliphatic rings. The van der Waals surface area contributed by atoms with Gasteiger partial charge in [-0.2, -0.15) is 4.98 Å². The van der Waals surface area contributed by atoms with Gasteiger partial charge in [0.05, 0.1) is 13.7 Å². The van der Waals surface area contributed by atoms with E-state index >= 15 is 0 Å². The Morgan fingerprint density at radius 2 is 1.79 bits per heavy atom. The summed E-state index contributed by atoms with van der Waals surface area (Å²) in [6.07, 6.45) is 0.829. The molecule has 1 N–H and O–H groups in total. The van der Waals surface area contributed by atoms with Crippen LogP contribution in [0.15, 0.2) is 47.0 Å². The van der Waals surface area contributed by atoms with Crippen LogP contribution in [0.5, 0.6) is 11.5 Å². The van der Waals surface area contributed by atoms with Crippen LogP contribution in [0.25, 0.3) is 11.4 Å². The second kappa shape index (κ2) is 10.3. The Labute approximate surface area is 193 Å². The number of carbonyl (C=O) groups is 2. The molecule has 0 saturated carbocycles. The molecule has 8 nitrogen and oxygen atoms in total. The highest BCUT2D eigenvalue weighted by Crippen LogP contribution is 2.28. The summed E-state index contributed by atoms with van der Waals surface area (Å²) in [5, 5.41) is 6.90. The number of amides is 1. The molecule has 3 rings (SSSR count). The van der Waals surface area contributed by atoms with E-state index in [1.54, 1.807) is 30.3 Å². The van der Waals surface area contributed by atoms with Crippen LogP contribution in [0.4, 0.5) is 5.69 Å². The first-order chi connectivity index (χ1) is 15.7. The average Bonchev–Trinajstić information content (AvgIpc) is 3.28. The quantitative estimate of drug-likeness (QED) is 0.359. The van der Waals surface area contributed by atoms with E-state index in [0.717, 1.165) is 5.56 Å². The van der Waals surface area contributed by atoms with Crippen molar-refractivity contribution in [2.45, 2.75) is 46.0 Å². The van der Waals surface area contributed by atoms with Crippen LogP contribution in [0.1, 0.15) is 56.8 Å². The molecule has 0 aliphatic heterocycles. The number of Topliss-reactive ketones (excluding diaryl/α,β-unsaturated/α-hetero) is 1. The summed E-state index contributed by atoms with van der Waals surface area (Å²) < 4.78 is 16.3. The fourth-order valence-corrected chi connectivity index (χ4v) is 2.99. The molecule has 0 aliphatic carbocycles. The van der Waals surface area contributed by atoms with Gasteiger partial charge in [0.1, 0.15) is 0 Å². The lowest BCUT2D eigenvalue weighted by molar-refractivity contribution is -0.116. The Hall–Kier alpha value is -3.68. The number of ketones is 1. The molecule has 0 saturated heterocycles. The van der Waals surface area contributed by atoms with Crippen LogP contribution in [0, 0.1) is 0 Å². The largest absolute Gasteiger partial charge is 0.493 e. The maximum atomic E-state index is 12.3. The number of nitrogens with one attached hydrogen (secondary N) is 1. The molecule has 2 aromatic carbocycles. The summed E-state index contributed by atoms with van der Waals surface area (Å²) >= 11 is 0. The maximum Gasteiger partial charge on any atom is 0.232 e. The molecular weight excluding hydrogens is 422 g/mol. The third kappa shape index (κ3) is 6.41. The van der Waals surface area contributed by atoms with Gasteiger partial charge in [-0.15, -0.1) is 0 Å². The maximum absolute atomic E-state index is 12.3. The molecule has 33 heavy (non-hydrogen) atoms.